The molecule has 0 bridgehead atoms. The number of hydrogen-bond donors (Lipinski definition) is 3. The fraction of sp³-hybridized carbons (Fsp3) is 0.462. The summed E-state index contributed by atoms with van der Waals surface area (Å²) in [6, 6.07) is 0. The van der Waals surface area contributed by atoms with Crippen LogP contribution >= 0.6 is 0 Å². The summed E-state index contributed by atoms with van der Waals surface area (Å²) >= 11 is 0. The molecule has 1 aliphatic heterocycles. The van der Waals surface area contributed by atoms with E-state index < -0.39 is 30.5 Å². The van der Waals surface area contributed by atoms with Crippen LogP contribution in [0, 0.1) is 18.4 Å². The molecule has 0 radical (unpaired) electrons. The van der Waals surface area contributed by atoms with Crippen LogP contribution in [0.5, 0.6) is 0 Å². The molecule has 0 spiro atoms. The third kappa shape index (κ3) is 2.18. The fourth-order valence-electron chi connectivity index (χ4n) is 2.59. The van der Waals surface area contributed by atoms with Gasteiger partial charge < -0.3 is 25.3 Å². The first-order chi connectivity index (χ1) is 10.5. The van der Waals surface area contributed by atoms with E-state index in [4.69, 9.17) is 16.9 Å². The molecule has 9 heteroatoms. The van der Waals surface area contributed by atoms with Crippen molar-refractivity contribution < 1.29 is 19.3 Å². The third-order valence-corrected chi connectivity index (χ3v) is 3.74. The van der Waals surface area contributed by atoms with Gasteiger partial charge in [0.05, 0.1) is 31.7 Å². The number of rotatable bonds is 3. The predicted molar refractivity (Wildman–Crippen MR) is 73.8 cm³/mol. The second kappa shape index (κ2) is 5.17. The molecular formula is C13H14FN5O3. The van der Waals surface area contributed by atoms with E-state index in [2.05, 4.69) is 20.9 Å². The molecule has 116 valence electrons. The molecule has 8 nitrogen and oxygen atoms in total. The largest absolute Gasteiger partial charge is 0.392 e. The van der Waals surface area contributed by atoms with Crippen LogP contribution in [0.4, 0.5) is 10.2 Å². The van der Waals surface area contributed by atoms with Gasteiger partial charge in [-0.05, 0) is 0 Å². The van der Waals surface area contributed by atoms with E-state index in [1.165, 1.54) is 10.9 Å². The van der Waals surface area contributed by atoms with Gasteiger partial charge in [-0.1, -0.05) is 5.92 Å². The van der Waals surface area contributed by atoms with E-state index >= 15 is 0 Å². The van der Waals surface area contributed by atoms with Crippen LogP contribution in [-0.2, 0) is 11.3 Å². The Morgan fingerprint density at radius 1 is 1.59 bits per heavy atom. The van der Waals surface area contributed by atoms with Crippen LogP contribution < -0.4 is 5.73 Å². The van der Waals surface area contributed by atoms with Crippen molar-refractivity contribution in [2.45, 2.75) is 30.8 Å². The Balaban J connectivity index is 1.88. The Bertz CT molecular complexity index is 758. The van der Waals surface area contributed by atoms with E-state index in [1.54, 1.807) is 0 Å². The van der Waals surface area contributed by atoms with Crippen LogP contribution in [-0.4, -0.2) is 54.1 Å². The number of hydrogen-bond acceptors (Lipinski definition) is 7. The lowest BCUT2D eigenvalue weighted by Crippen LogP contribution is -2.41. The van der Waals surface area contributed by atoms with Gasteiger partial charge in [-0.3, -0.25) is 0 Å². The van der Waals surface area contributed by atoms with Crippen LogP contribution in [0.2, 0.25) is 0 Å². The maximum absolute atomic E-state index is 13.3. The van der Waals surface area contributed by atoms with Crippen LogP contribution in [0.3, 0.4) is 0 Å². The lowest BCUT2D eigenvalue weighted by Gasteiger charge is -2.23. The van der Waals surface area contributed by atoms with Gasteiger partial charge in [0.2, 0.25) is 0 Å². The lowest BCUT2D eigenvalue weighted by atomic mass is 9.98. The number of nitrogen functional groups attached to an aromatic ring is 1. The van der Waals surface area contributed by atoms with Crippen LogP contribution in [0.15, 0.2) is 6.33 Å². The van der Waals surface area contributed by atoms with E-state index in [0.717, 1.165) is 0 Å². The molecule has 1 saturated heterocycles. The molecule has 1 aliphatic rings. The molecule has 1 unspecified atom stereocenters. The molecule has 0 saturated carbocycles. The Kier molecular flexibility index (Phi) is 3.44. The highest BCUT2D eigenvalue weighted by atomic mass is 19.1. The molecule has 0 aromatic carbocycles. The highest BCUT2D eigenvalue weighted by Gasteiger charge is 2.46. The zero-order chi connectivity index (χ0) is 15.9. The molecule has 0 amide bonds. The Hall–Kier alpha value is -2.28. The van der Waals surface area contributed by atoms with Gasteiger partial charge in [-0.25, -0.2) is 4.98 Å². The summed E-state index contributed by atoms with van der Waals surface area (Å²) in [6.07, 6.45) is 4.58. The summed E-state index contributed by atoms with van der Waals surface area (Å²) in [5.41, 5.74) is 4.68. The number of ether oxygens (including phenoxy) is 1. The summed E-state index contributed by atoms with van der Waals surface area (Å²) in [6.45, 7) is -0.261. The minimum atomic E-state index is -1.42. The number of aromatic nitrogens is 4. The normalized spacial score (nSPS) is 28.1. The first-order valence-electron chi connectivity index (χ1n) is 6.57. The van der Waals surface area contributed by atoms with Crippen molar-refractivity contribution in [1.82, 2.24) is 19.5 Å². The van der Waals surface area contributed by atoms with Gasteiger partial charge in [-0.2, -0.15) is 14.4 Å². The number of anilines is 1. The second-order valence-electron chi connectivity index (χ2n) is 5.13. The molecule has 22 heavy (non-hydrogen) atoms. The van der Waals surface area contributed by atoms with Crippen molar-refractivity contribution in [3.63, 3.8) is 0 Å². The Morgan fingerprint density at radius 3 is 3.00 bits per heavy atom. The highest BCUT2D eigenvalue weighted by molar-refractivity contribution is 5.81. The maximum atomic E-state index is 13.3. The van der Waals surface area contributed by atoms with Crippen LogP contribution in [0.25, 0.3) is 11.2 Å². The first-order valence-corrected chi connectivity index (χ1v) is 6.57. The summed E-state index contributed by atoms with van der Waals surface area (Å²) in [4.78, 5) is 11.1. The van der Waals surface area contributed by atoms with E-state index in [9.17, 15) is 14.6 Å². The number of aliphatic hydroxyl groups is 2. The molecule has 4 N–H and O–H groups in total. The number of aliphatic hydroxyl groups excluding tert-OH is 2. The molecule has 1 fully saturated rings. The molecule has 3 rings (SSSR count). The zero-order valence-corrected chi connectivity index (χ0v) is 11.5. The molecule has 2 aromatic rings. The van der Waals surface area contributed by atoms with Gasteiger partial charge in [0.1, 0.15) is 5.52 Å². The first kappa shape index (κ1) is 14.6. The summed E-state index contributed by atoms with van der Waals surface area (Å²) < 4.78 is 20.4. The zero-order valence-electron chi connectivity index (χ0n) is 11.5. The number of nitrogens with zero attached hydrogens (tertiary/aromatic N) is 4. The average molecular weight is 307 g/mol. The minimum Gasteiger partial charge on any atom is -0.392 e. The molecule has 3 heterocycles. The van der Waals surface area contributed by atoms with Crippen molar-refractivity contribution >= 4 is 17.0 Å². The predicted octanol–water partition coefficient (Wildman–Crippen LogP) is -0.938. The average Bonchev–Trinajstić information content (AvgIpc) is 3.01. The monoisotopic (exact) mass is 307 g/mol. The van der Waals surface area contributed by atoms with Gasteiger partial charge in [0.15, 0.2) is 17.1 Å². The maximum Gasteiger partial charge on any atom is 0.312 e. The number of imidazole rings is 1. The Morgan fingerprint density at radius 2 is 2.36 bits per heavy atom. The second-order valence-corrected chi connectivity index (χ2v) is 5.13. The summed E-state index contributed by atoms with van der Waals surface area (Å²) in [7, 11) is 0. The fourth-order valence-corrected chi connectivity index (χ4v) is 2.59. The smallest absolute Gasteiger partial charge is 0.312 e. The lowest BCUT2D eigenvalue weighted by molar-refractivity contribution is -0.0739. The number of terminal acetylenes is 1. The number of halogens is 1. The van der Waals surface area contributed by atoms with E-state index in [1.807, 2.05) is 0 Å². The summed E-state index contributed by atoms with van der Waals surface area (Å²) in [5.74, 6) is 2.24. The van der Waals surface area contributed by atoms with Crippen molar-refractivity contribution in [2.75, 3.05) is 12.3 Å². The molecule has 2 aromatic heterocycles. The quantitative estimate of drug-likeness (QED) is 0.494. The van der Waals surface area contributed by atoms with Crippen molar-refractivity contribution in [3.05, 3.63) is 12.4 Å². The summed E-state index contributed by atoms with van der Waals surface area (Å²) in [5, 5.41) is 19.3. The number of fused-ring (bicyclic) bond motifs is 1. The van der Waals surface area contributed by atoms with Crippen molar-refractivity contribution in [1.29, 1.82) is 0 Å². The topological polar surface area (TPSA) is 119 Å². The van der Waals surface area contributed by atoms with E-state index in [-0.39, 0.29) is 29.9 Å². The van der Waals surface area contributed by atoms with Gasteiger partial charge >= 0.3 is 6.08 Å². The Labute approximate surface area is 124 Å². The van der Waals surface area contributed by atoms with Gasteiger partial charge in [-0.15, -0.1) is 6.42 Å². The van der Waals surface area contributed by atoms with Gasteiger partial charge in [0, 0.05) is 6.42 Å². The highest BCUT2D eigenvalue weighted by Crippen LogP contribution is 2.31. The third-order valence-electron chi connectivity index (χ3n) is 3.74. The SMILES string of the molecule is C#CC1(CO)O[C@@H](Cn2cnc3c(N)nc(F)nc32)C[C@@H]1O. The van der Waals surface area contributed by atoms with Gasteiger partial charge in [0.25, 0.3) is 0 Å². The minimum absolute atomic E-state index is 0.0537. The van der Waals surface area contributed by atoms with E-state index in [0.29, 0.717) is 0 Å². The number of nitrogens with two attached hydrogens (primary N) is 1. The van der Waals surface area contributed by atoms with Crippen LogP contribution in [0.1, 0.15) is 6.42 Å². The molecule has 0 aliphatic carbocycles. The standard InChI is InChI=1S/C13H14FN5O3/c1-2-13(5-20)8(21)3-7(22-13)4-19-6-16-9-10(15)17-12(14)18-11(9)19/h1,6-8,20-21H,3-5H2,(H2,15,17,18)/t7-,8+,13?/m1/s1. The van der Waals surface area contributed by atoms with Crippen molar-refractivity contribution in [3.8, 4) is 12.3 Å². The molecule has 3 atom stereocenters. The molecular weight excluding hydrogens is 293 g/mol. The van der Waals surface area contributed by atoms with Crippen molar-refractivity contribution in [2.24, 2.45) is 0 Å².